The van der Waals surface area contributed by atoms with Gasteiger partial charge in [0, 0.05) is 5.92 Å². The average Bonchev–Trinajstić information content (AvgIpc) is 2.31. The van der Waals surface area contributed by atoms with Crippen molar-refractivity contribution in [3.63, 3.8) is 0 Å². The highest BCUT2D eigenvalue weighted by Gasteiger charge is 2.19. The van der Waals surface area contributed by atoms with Crippen LogP contribution < -0.4 is 5.32 Å². The molecule has 0 saturated heterocycles. The van der Waals surface area contributed by atoms with E-state index in [4.69, 9.17) is 0 Å². The van der Waals surface area contributed by atoms with Crippen molar-refractivity contribution in [3.8, 4) is 0 Å². The molecule has 0 aliphatic carbocycles. The zero-order valence-electron chi connectivity index (χ0n) is 11.7. The number of Topliss-reactive ketones (excluding diaryl/α,β-unsaturated/α-hetero) is 1. The molecule has 0 saturated carbocycles. The monoisotopic (exact) mass is 241 g/mol. The zero-order valence-corrected chi connectivity index (χ0v) is 11.7. The van der Waals surface area contributed by atoms with Gasteiger partial charge in [-0.3, -0.25) is 9.59 Å². The molecule has 0 aromatic carbocycles. The van der Waals surface area contributed by atoms with Gasteiger partial charge in [-0.25, -0.2) is 0 Å². The molecular formula is C14H27NO2. The number of rotatable bonds is 9. The Kier molecular flexibility index (Phi) is 8.73. The summed E-state index contributed by atoms with van der Waals surface area (Å²) in [5.41, 5.74) is 0. The van der Waals surface area contributed by atoms with Gasteiger partial charge in [0.1, 0.15) is 0 Å². The molecule has 0 heterocycles. The van der Waals surface area contributed by atoms with Crippen LogP contribution in [0.1, 0.15) is 66.2 Å². The van der Waals surface area contributed by atoms with E-state index >= 15 is 0 Å². The summed E-state index contributed by atoms with van der Waals surface area (Å²) in [4.78, 5) is 23.2. The Hall–Kier alpha value is -0.860. The Morgan fingerprint density at radius 1 is 1.12 bits per heavy atom. The summed E-state index contributed by atoms with van der Waals surface area (Å²) in [7, 11) is 0. The van der Waals surface area contributed by atoms with Crippen LogP contribution in [0.3, 0.4) is 0 Å². The minimum atomic E-state index is -0.284. The topological polar surface area (TPSA) is 46.2 Å². The number of carbonyl (C=O) groups excluding carboxylic acids is 2. The second-order valence-electron chi connectivity index (χ2n) is 4.83. The molecule has 1 N–H and O–H groups in total. The van der Waals surface area contributed by atoms with Gasteiger partial charge >= 0.3 is 0 Å². The van der Waals surface area contributed by atoms with Gasteiger partial charge in [-0.2, -0.15) is 0 Å². The highest BCUT2D eigenvalue weighted by molar-refractivity contribution is 5.88. The molecule has 0 aromatic rings. The first-order valence-corrected chi connectivity index (χ1v) is 6.83. The van der Waals surface area contributed by atoms with Crippen molar-refractivity contribution in [3.05, 3.63) is 0 Å². The summed E-state index contributed by atoms with van der Waals surface area (Å²) in [6, 6.07) is -0.284. The molecule has 0 aliphatic heterocycles. The molecule has 0 aliphatic rings. The standard InChI is InChI=1S/C14H27NO2/c1-5-7-8-9-10-13(12(4)16)15-14(17)11(3)6-2/h11,13H,5-10H2,1-4H3,(H,15,17). The highest BCUT2D eigenvalue weighted by Crippen LogP contribution is 2.08. The summed E-state index contributed by atoms with van der Waals surface area (Å²) in [6.45, 7) is 7.59. The van der Waals surface area contributed by atoms with Crippen LogP contribution in [-0.2, 0) is 9.59 Å². The number of ketones is 1. The van der Waals surface area contributed by atoms with E-state index < -0.39 is 0 Å². The number of carbonyl (C=O) groups is 2. The van der Waals surface area contributed by atoms with Crippen LogP contribution in [0.5, 0.6) is 0 Å². The van der Waals surface area contributed by atoms with Crippen LogP contribution in [0.4, 0.5) is 0 Å². The molecule has 0 rings (SSSR count). The maximum Gasteiger partial charge on any atom is 0.223 e. The minimum Gasteiger partial charge on any atom is -0.346 e. The van der Waals surface area contributed by atoms with E-state index in [2.05, 4.69) is 12.2 Å². The van der Waals surface area contributed by atoms with Gasteiger partial charge in [0.25, 0.3) is 0 Å². The molecule has 0 spiro atoms. The predicted octanol–water partition coefficient (Wildman–Crippen LogP) is 3.08. The number of amides is 1. The Labute approximate surface area is 105 Å². The van der Waals surface area contributed by atoms with Gasteiger partial charge in [0.15, 0.2) is 5.78 Å². The van der Waals surface area contributed by atoms with Crippen LogP contribution >= 0.6 is 0 Å². The Morgan fingerprint density at radius 2 is 1.76 bits per heavy atom. The lowest BCUT2D eigenvalue weighted by Gasteiger charge is -2.18. The van der Waals surface area contributed by atoms with E-state index in [1.54, 1.807) is 6.92 Å². The fourth-order valence-corrected chi connectivity index (χ4v) is 1.65. The lowest BCUT2D eigenvalue weighted by atomic mass is 10.0. The fraction of sp³-hybridized carbons (Fsp3) is 0.857. The number of hydrogen-bond acceptors (Lipinski definition) is 2. The average molecular weight is 241 g/mol. The van der Waals surface area contributed by atoms with E-state index in [1.807, 2.05) is 13.8 Å². The van der Waals surface area contributed by atoms with Crippen molar-refractivity contribution in [2.24, 2.45) is 5.92 Å². The van der Waals surface area contributed by atoms with Crippen molar-refractivity contribution in [1.29, 1.82) is 0 Å². The molecule has 0 radical (unpaired) electrons. The molecule has 100 valence electrons. The van der Waals surface area contributed by atoms with Crippen molar-refractivity contribution >= 4 is 11.7 Å². The lowest BCUT2D eigenvalue weighted by Crippen LogP contribution is -2.42. The van der Waals surface area contributed by atoms with Crippen LogP contribution in [0.25, 0.3) is 0 Å². The first-order valence-electron chi connectivity index (χ1n) is 6.83. The zero-order chi connectivity index (χ0) is 13.3. The second kappa shape index (κ2) is 9.20. The van der Waals surface area contributed by atoms with Gasteiger partial charge in [-0.15, -0.1) is 0 Å². The third kappa shape index (κ3) is 7.14. The molecular weight excluding hydrogens is 214 g/mol. The van der Waals surface area contributed by atoms with E-state index in [0.29, 0.717) is 0 Å². The second-order valence-corrected chi connectivity index (χ2v) is 4.83. The van der Waals surface area contributed by atoms with Crippen molar-refractivity contribution in [1.82, 2.24) is 5.32 Å². The maximum absolute atomic E-state index is 11.7. The third-order valence-electron chi connectivity index (χ3n) is 3.21. The minimum absolute atomic E-state index is 0.00296. The first-order chi connectivity index (χ1) is 8.02. The van der Waals surface area contributed by atoms with Crippen molar-refractivity contribution in [2.45, 2.75) is 72.3 Å². The summed E-state index contributed by atoms with van der Waals surface area (Å²) in [5, 5.41) is 2.86. The third-order valence-corrected chi connectivity index (χ3v) is 3.21. The molecule has 2 unspecified atom stereocenters. The van der Waals surface area contributed by atoms with Crippen LogP contribution in [0.15, 0.2) is 0 Å². The van der Waals surface area contributed by atoms with Gasteiger partial charge in [0.2, 0.25) is 5.91 Å². The number of nitrogens with one attached hydrogen (secondary N) is 1. The van der Waals surface area contributed by atoms with Crippen LogP contribution in [-0.4, -0.2) is 17.7 Å². The molecule has 0 bridgehead atoms. The first kappa shape index (κ1) is 16.1. The molecule has 0 fully saturated rings. The Balaban J connectivity index is 4.07. The Morgan fingerprint density at radius 3 is 2.24 bits per heavy atom. The van der Waals surface area contributed by atoms with Crippen LogP contribution in [0, 0.1) is 5.92 Å². The molecule has 17 heavy (non-hydrogen) atoms. The van der Waals surface area contributed by atoms with Gasteiger partial charge in [-0.1, -0.05) is 46.5 Å². The molecule has 3 nitrogen and oxygen atoms in total. The smallest absolute Gasteiger partial charge is 0.223 e. The molecule has 2 atom stereocenters. The van der Waals surface area contributed by atoms with E-state index in [-0.39, 0.29) is 23.7 Å². The molecule has 1 amide bonds. The van der Waals surface area contributed by atoms with Crippen LogP contribution in [0.2, 0.25) is 0 Å². The van der Waals surface area contributed by atoms with E-state index in [1.165, 1.54) is 12.8 Å². The van der Waals surface area contributed by atoms with Gasteiger partial charge in [-0.05, 0) is 19.8 Å². The SMILES string of the molecule is CCCCCCC(NC(=O)C(C)CC)C(C)=O. The highest BCUT2D eigenvalue weighted by atomic mass is 16.2. The largest absolute Gasteiger partial charge is 0.346 e. The number of unbranched alkanes of at least 4 members (excludes halogenated alkanes) is 3. The normalized spacial score (nSPS) is 14.1. The fourth-order valence-electron chi connectivity index (χ4n) is 1.65. The number of hydrogen-bond donors (Lipinski definition) is 1. The predicted molar refractivity (Wildman–Crippen MR) is 70.8 cm³/mol. The summed E-state index contributed by atoms with van der Waals surface area (Å²) in [5.74, 6) is 0.0637. The van der Waals surface area contributed by atoms with Crippen molar-refractivity contribution < 1.29 is 9.59 Å². The summed E-state index contributed by atoms with van der Waals surface area (Å²) >= 11 is 0. The van der Waals surface area contributed by atoms with E-state index in [9.17, 15) is 9.59 Å². The maximum atomic E-state index is 11.7. The summed E-state index contributed by atoms with van der Waals surface area (Å²) < 4.78 is 0. The van der Waals surface area contributed by atoms with E-state index in [0.717, 1.165) is 25.7 Å². The van der Waals surface area contributed by atoms with Crippen molar-refractivity contribution in [2.75, 3.05) is 0 Å². The quantitative estimate of drug-likeness (QED) is 0.631. The lowest BCUT2D eigenvalue weighted by molar-refractivity contribution is -0.129. The Bertz CT molecular complexity index is 238. The molecule has 3 heteroatoms. The summed E-state index contributed by atoms with van der Waals surface area (Å²) in [6.07, 6.45) is 6.12. The van der Waals surface area contributed by atoms with Gasteiger partial charge in [0.05, 0.1) is 6.04 Å². The molecule has 0 aromatic heterocycles. The van der Waals surface area contributed by atoms with Gasteiger partial charge < -0.3 is 5.32 Å².